The number of methoxy groups -OCH3 is 1. The van der Waals surface area contributed by atoms with Crippen molar-refractivity contribution >= 4 is 35.7 Å². The van der Waals surface area contributed by atoms with Crippen molar-refractivity contribution < 1.29 is 30.0 Å². The van der Waals surface area contributed by atoms with Gasteiger partial charge in [-0.25, -0.2) is 30.4 Å². The van der Waals surface area contributed by atoms with Crippen molar-refractivity contribution in [3.05, 3.63) is 6.07 Å². The summed E-state index contributed by atoms with van der Waals surface area (Å²) in [6, 6.07) is 1.12. The minimum atomic E-state index is -3.55. The van der Waals surface area contributed by atoms with Crippen LogP contribution >= 0.6 is 0 Å². The van der Waals surface area contributed by atoms with Crippen LogP contribution in [0.1, 0.15) is 6.92 Å². The number of nitrogens with one attached hydrogen (secondary N) is 1. The number of rotatable bonds is 5. The lowest BCUT2D eigenvalue weighted by Gasteiger charge is -2.09. The lowest BCUT2D eigenvalue weighted by atomic mass is 10.5. The smallest absolute Gasteiger partial charge is 0.231 e. The van der Waals surface area contributed by atoms with Crippen molar-refractivity contribution in [3.63, 3.8) is 0 Å². The first kappa shape index (κ1) is 21.5. The fourth-order valence-corrected chi connectivity index (χ4v) is 2.30. The maximum absolute atomic E-state index is 11.6. The van der Waals surface area contributed by atoms with Crippen LogP contribution in [-0.2, 0) is 29.9 Å². The van der Waals surface area contributed by atoms with E-state index < -0.39 is 29.9 Å². The van der Waals surface area contributed by atoms with E-state index in [0.717, 1.165) is 18.6 Å². The highest BCUT2D eigenvalue weighted by atomic mass is 32.2. The van der Waals surface area contributed by atoms with E-state index in [9.17, 15) is 25.3 Å². The fourth-order valence-electron chi connectivity index (χ4n) is 1.06. The van der Waals surface area contributed by atoms with Gasteiger partial charge in [-0.3, -0.25) is 4.72 Å². The third kappa shape index (κ3) is 9.27. The molecule has 1 aromatic heterocycles. The molecule has 0 aliphatic carbocycles. The summed E-state index contributed by atoms with van der Waals surface area (Å²) < 4.78 is 71.0. The number of sulfonamides is 2. The van der Waals surface area contributed by atoms with E-state index in [-0.39, 0.29) is 22.3 Å². The van der Waals surface area contributed by atoms with Crippen LogP contribution in [0.25, 0.3) is 0 Å². The first-order valence-electron chi connectivity index (χ1n) is 5.79. The molecule has 1 rings (SSSR count). The molecule has 23 heavy (non-hydrogen) atoms. The summed E-state index contributed by atoms with van der Waals surface area (Å²) in [7, 11) is -8.96. The molecular weight excluding hydrogens is 372 g/mol. The molecule has 0 amide bonds. The molecule has 0 saturated carbocycles. The standard InChI is InChI=1S/C8H13N3O5S2.CH5NO2S/c1-4-18(14,15)7-5-6(16-2)8(10-9-7)11-17(3,12)13;1-5(2,3)4/h5H,4H2,1-3H3,(H,10,11);1H3,(H2,2,3,4). The van der Waals surface area contributed by atoms with Gasteiger partial charge in [0.2, 0.25) is 25.9 Å². The first-order chi connectivity index (χ1) is 10.2. The summed E-state index contributed by atoms with van der Waals surface area (Å²) in [5.74, 6) is -0.304. The van der Waals surface area contributed by atoms with Crippen LogP contribution in [0.3, 0.4) is 0 Å². The summed E-state index contributed by atoms with van der Waals surface area (Å²) in [5.41, 5.74) is 0. The van der Waals surface area contributed by atoms with E-state index in [1.54, 1.807) is 0 Å². The van der Waals surface area contributed by atoms with Crippen LogP contribution in [0.5, 0.6) is 5.75 Å². The molecule has 0 unspecified atom stereocenters. The molecule has 1 heterocycles. The van der Waals surface area contributed by atoms with Gasteiger partial charge < -0.3 is 4.74 Å². The van der Waals surface area contributed by atoms with Gasteiger partial charge in [-0.2, -0.15) is 0 Å². The van der Waals surface area contributed by atoms with E-state index in [0.29, 0.717) is 0 Å². The number of hydrogen-bond donors (Lipinski definition) is 2. The Morgan fingerprint density at radius 3 is 1.96 bits per heavy atom. The normalized spacial score (nSPS) is 12.0. The van der Waals surface area contributed by atoms with Crippen molar-refractivity contribution in [3.8, 4) is 5.75 Å². The van der Waals surface area contributed by atoms with E-state index in [1.165, 1.54) is 14.0 Å². The fraction of sp³-hybridized carbons (Fsp3) is 0.556. The Bertz CT molecular complexity index is 839. The summed E-state index contributed by atoms with van der Waals surface area (Å²) in [6.45, 7) is 1.46. The number of nitrogens with two attached hydrogens (primary N) is 1. The summed E-state index contributed by atoms with van der Waals surface area (Å²) in [4.78, 5) is 0. The number of ether oxygens (including phenoxy) is 1. The van der Waals surface area contributed by atoms with E-state index in [2.05, 4.69) is 20.1 Å². The Morgan fingerprint density at radius 2 is 1.61 bits per heavy atom. The molecule has 11 nitrogen and oxygen atoms in total. The van der Waals surface area contributed by atoms with Crippen molar-refractivity contribution in [2.45, 2.75) is 11.9 Å². The number of nitrogens with zero attached hydrogens (tertiary/aromatic N) is 2. The minimum Gasteiger partial charge on any atom is -0.493 e. The third-order valence-corrected chi connectivity index (χ3v) is 4.10. The van der Waals surface area contributed by atoms with Crippen LogP contribution in [0.4, 0.5) is 5.82 Å². The molecule has 0 saturated heterocycles. The van der Waals surface area contributed by atoms with Gasteiger partial charge in [0.1, 0.15) is 0 Å². The van der Waals surface area contributed by atoms with Gasteiger partial charge in [-0.1, -0.05) is 6.92 Å². The zero-order chi connectivity index (χ0) is 18.5. The van der Waals surface area contributed by atoms with E-state index in [1.807, 2.05) is 0 Å². The summed E-state index contributed by atoms with van der Waals surface area (Å²) in [5, 5.41) is 11.0. The molecular formula is C9H18N4O7S3. The largest absolute Gasteiger partial charge is 0.493 e. The molecule has 134 valence electrons. The van der Waals surface area contributed by atoms with Gasteiger partial charge in [0.15, 0.2) is 20.6 Å². The van der Waals surface area contributed by atoms with Gasteiger partial charge in [0.05, 0.1) is 25.4 Å². The van der Waals surface area contributed by atoms with Crippen molar-refractivity contribution in [1.82, 2.24) is 10.2 Å². The molecule has 0 atom stereocenters. The second kappa shape index (κ2) is 7.85. The maximum atomic E-state index is 11.6. The highest BCUT2D eigenvalue weighted by molar-refractivity contribution is 7.92. The molecule has 0 fully saturated rings. The van der Waals surface area contributed by atoms with Crippen LogP contribution in [0.2, 0.25) is 0 Å². The molecule has 0 aromatic carbocycles. The van der Waals surface area contributed by atoms with Crippen LogP contribution < -0.4 is 14.6 Å². The SMILES string of the molecule is CCS(=O)(=O)c1cc(OC)c(NS(C)(=O)=O)nn1.CS(N)(=O)=O. The number of sulfone groups is 1. The summed E-state index contributed by atoms with van der Waals surface area (Å²) in [6.07, 6.45) is 1.87. The highest BCUT2D eigenvalue weighted by Gasteiger charge is 2.19. The zero-order valence-electron chi connectivity index (χ0n) is 12.8. The topological polar surface area (TPSA) is 175 Å². The lowest BCUT2D eigenvalue weighted by molar-refractivity contribution is 0.411. The number of hydrogen-bond acceptors (Lipinski definition) is 9. The average molecular weight is 390 g/mol. The van der Waals surface area contributed by atoms with Gasteiger partial charge in [-0.15, -0.1) is 10.2 Å². The molecule has 3 N–H and O–H groups in total. The van der Waals surface area contributed by atoms with E-state index >= 15 is 0 Å². The minimum absolute atomic E-state index is 0.0116. The first-order valence-corrected chi connectivity index (χ1v) is 11.3. The molecule has 0 aliphatic rings. The molecule has 0 aliphatic heterocycles. The Labute approximate surface area is 135 Å². The van der Waals surface area contributed by atoms with Crippen LogP contribution in [0.15, 0.2) is 11.1 Å². The molecule has 14 heteroatoms. The Kier molecular flexibility index (Phi) is 7.33. The van der Waals surface area contributed by atoms with Crippen molar-refractivity contribution in [2.24, 2.45) is 5.14 Å². The zero-order valence-corrected chi connectivity index (χ0v) is 15.3. The Hall–Kier alpha value is -1.51. The molecule has 1 aromatic rings. The summed E-state index contributed by atoms with van der Waals surface area (Å²) >= 11 is 0. The Balaban J connectivity index is 0.000000841. The maximum Gasteiger partial charge on any atom is 0.231 e. The number of anilines is 1. The predicted molar refractivity (Wildman–Crippen MR) is 83.8 cm³/mol. The Morgan fingerprint density at radius 1 is 1.13 bits per heavy atom. The van der Waals surface area contributed by atoms with E-state index in [4.69, 9.17) is 4.74 Å². The number of primary sulfonamides is 1. The van der Waals surface area contributed by atoms with Crippen LogP contribution in [-0.4, -0.2) is 60.8 Å². The number of aromatic nitrogens is 2. The quantitative estimate of drug-likeness (QED) is 0.609. The molecule has 0 bridgehead atoms. The van der Waals surface area contributed by atoms with Gasteiger partial charge in [-0.05, 0) is 0 Å². The average Bonchev–Trinajstić information content (AvgIpc) is 2.35. The lowest BCUT2D eigenvalue weighted by Crippen LogP contribution is -2.14. The second-order valence-electron chi connectivity index (χ2n) is 4.21. The molecule has 0 spiro atoms. The van der Waals surface area contributed by atoms with Gasteiger partial charge in [0, 0.05) is 6.07 Å². The van der Waals surface area contributed by atoms with Crippen molar-refractivity contribution in [2.75, 3.05) is 30.1 Å². The van der Waals surface area contributed by atoms with Gasteiger partial charge in [0.25, 0.3) is 0 Å². The highest BCUT2D eigenvalue weighted by Crippen LogP contribution is 2.24. The second-order valence-corrected chi connectivity index (χ2v) is 9.84. The molecule has 0 radical (unpaired) electrons. The third-order valence-electron chi connectivity index (χ3n) is 1.94. The predicted octanol–water partition coefficient (Wildman–Crippen LogP) is -1.44. The van der Waals surface area contributed by atoms with Crippen molar-refractivity contribution in [1.29, 1.82) is 0 Å². The monoisotopic (exact) mass is 390 g/mol. The van der Waals surface area contributed by atoms with Gasteiger partial charge >= 0.3 is 0 Å². The van der Waals surface area contributed by atoms with Crippen LogP contribution in [0, 0.1) is 0 Å².